The van der Waals surface area contributed by atoms with Crippen molar-refractivity contribution >= 4 is 11.8 Å². The molecule has 3 aliphatic rings. The molecule has 0 aromatic heterocycles. The summed E-state index contributed by atoms with van der Waals surface area (Å²) < 4.78 is 11.3. The van der Waals surface area contributed by atoms with Crippen molar-refractivity contribution in [2.24, 2.45) is 11.7 Å². The van der Waals surface area contributed by atoms with Crippen molar-refractivity contribution in [3.63, 3.8) is 0 Å². The van der Waals surface area contributed by atoms with Crippen molar-refractivity contribution in [1.29, 1.82) is 0 Å². The minimum Gasteiger partial charge on any atom is -0.484 e. The molecule has 3 N–H and O–H groups in total. The normalized spacial score (nSPS) is 28.4. The molecule has 3 fully saturated rings. The molecule has 0 bridgehead atoms. The lowest BCUT2D eigenvalue weighted by Gasteiger charge is -2.35. The molecule has 1 aromatic carbocycles. The highest BCUT2D eigenvalue weighted by molar-refractivity contribution is 5.94. The van der Waals surface area contributed by atoms with Crippen molar-refractivity contribution in [1.82, 2.24) is 10.2 Å². The van der Waals surface area contributed by atoms with E-state index in [0.29, 0.717) is 23.5 Å². The summed E-state index contributed by atoms with van der Waals surface area (Å²) in [5.74, 6) is 0.530. The van der Waals surface area contributed by atoms with Crippen LogP contribution in [0, 0.1) is 5.92 Å². The van der Waals surface area contributed by atoms with Gasteiger partial charge in [0.05, 0.1) is 12.7 Å². The van der Waals surface area contributed by atoms with Gasteiger partial charge in [0.1, 0.15) is 5.75 Å². The molecule has 1 saturated carbocycles. The number of fused-ring (bicyclic) bond motifs is 1. The molecule has 0 radical (unpaired) electrons. The zero-order chi connectivity index (χ0) is 18.1. The Balaban J connectivity index is 1.32. The third-order valence-corrected chi connectivity index (χ3v) is 5.41. The Morgan fingerprint density at radius 2 is 2.15 bits per heavy atom. The number of hydrogen-bond acceptors (Lipinski definition) is 5. The average Bonchev–Trinajstić information content (AvgIpc) is 3.40. The minimum absolute atomic E-state index is 0.126. The van der Waals surface area contributed by atoms with Gasteiger partial charge in [0.25, 0.3) is 11.8 Å². The van der Waals surface area contributed by atoms with Crippen LogP contribution >= 0.6 is 0 Å². The summed E-state index contributed by atoms with van der Waals surface area (Å²) in [6.45, 7) is 2.43. The number of hydrogen-bond donors (Lipinski definition) is 2. The van der Waals surface area contributed by atoms with E-state index >= 15 is 0 Å². The van der Waals surface area contributed by atoms with Crippen LogP contribution in [0.3, 0.4) is 0 Å². The maximum Gasteiger partial charge on any atom is 0.255 e. The topological polar surface area (TPSA) is 93.9 Å². The number of primary amides is 1. The number of morpholine rings is 1. The van der Waals surface area contributed by atoms with Crippen molar-refractivity contribution in [2.45, 2.75) is 37.5 Å². The highest BCUT2D eigenvalue weighted by Gasteiger charge is 2.42. The van der Waals surface area contributed by atoms with E-state index in [-0.39, 0.29) is 18.6 Å². The monoisotopic (exact) mass is 359 g/mol. The zero-order valence-electron chi connectivity index (χ0n) is 14.7. The molecular formula is C19H25N3O4. The number of nitrogens with two attached hydrogens (primary N) is 1. The maximum atomic E-state index is 12.6. The molecule has 2 aliphatic heterocycles. The Morgan fingerprint density at radius 3 is 2.92 bits per heavy atom. The average molecular weight is 359 g/mol. The second-order valence-corrected chi connectivity index (χ2v) is 7.51. The lowest BCUT2D eigenvalue weighted by atomic mass is 10.1. The Hall–Kier alpha value is -2.12. The fraction of sp³-hybridized carbons (Fsp3) is 0.579. The van der Waals surface area contributed by atoms with Gasteiger partial charge < -0.3 is 20.5 Å². The Labute approximate surface area is 152 Å². The van der Waals surface area contributed by atoms with Crippen LogP contribution in [0.1, 0.15) is 29.6 Å². The highest BCUT2D eigenvalue weighted by Crippen LogP contribution is 2.37. The van der Waals surface area contributed by atoms with E-state index in [9.17, 15) is 9.59 Å². The fourth-order valence-electron chi connectivity index (χ4n) is 3.91. The summed E-state index contributed by atoms with van der Waals surface area (Å²) in [5.41, 5.74) is 5.60. The molecule has 1 aliphatic carbocycles. The molecule has 1 aromatic rings. The van der Waals surface area contributed by atoms with Crippen LogP contribution in [0.15, 0.2) is 24.3 Å². The number of benzene rings is 1. The smallest absolute Gasteiger partial charge is 0.255 e. The highest BCUT2D eigenvalue weighted by atomic mass is 16.5. The van der Waals surface area contributed by atoms with Crippen LogP contribution < -0.4 is 15.8 Å². The first-order chi connectivity index (χ1) is 12.6. The number of carbonyl (C=O) groups excluding carboxylic acids is 2. The fourth-order valence-corrected chi connectivity index (χ4v) is 3.91. The van der Waals surface area contributed by atoms with Gasteiger partial charge in [-0.3, -0.25) is 14.5 Å². The first-order valence-corrected chi connectivity index (χ1v) is 9.26. The summed E-state index contributed by atoms with van der Waals surface area (Å²) in [5, 5.41) is 3.12. The first kappa shape index (κ1) is 17.3. The van der Waals surface area contributed by atoms with E-state index in [2.05, 4.69) is 10.2 Å². The number of carbonyl (C=O) groups is 2. The third kappa shape index (κ3) is 3.99. The molecule has 0 spiro atoms. The van der Waals surface area contributed by atoms with Gasteiger partial charge in [0, 0.05) is 30.7 Å². The Bertz CT molecular complexity index is 691. The number of ether oxygens (including phenoxy) is 2. The van der Waals surface area contributed by atoms with Gasteiger partial charge in [0.15, 0.2) is 6.61 Å². The van der Waals surface area contributed by atoms with Crippen molar-refractivity contribution < 1.29 is 19.1 Å². The molecule has 7 nitrogen and oxygen atoms in total. The molecule has 2 heterocycles. The predicted molar refractivity (Wildman–Crippen MR) is 94.8 cm³/mol. The van der Waals surface area contributed by atoms with Gasteiger partial charge in [0.2, 0.25) is 0 Å². The van der Waals surface area contributed by atoms with Crippen LogP contribution in [0.2, 0.25) is 0 Å². The molecule has 140 valence electrons. The quantitative estimate of drug-likeness (QED) is 0.773. The summed E-state index contributed by atoms with van der Waals surface area (Å²) in [7, 11) is 0. The first-order valence-electron chi connectivity index (χ1n) is 9.26. The van der Waals surface area contributed by atoms with E-state index in [1.807, 2.05) is 0 Å². The second-order valence-electron chi connectivity index (χ2n) is 7.51. The predicted octanol–water partition coefficient (Wildman–Crippen LogP) is 0.532. The van der Waals surface area contributed by atoms with E-state index < -0.39 is 5.91 Å². The Kier molecular flexibility index (Phi) is 4.82. The van der Waals surface area contributed by atoms with Gasteiger partial charge in [-0.25, -0.2) is 0 Å². The lowest BCUT2D eigenvalue weighted by Crippen LogP contribution is -2.47. The van der Waals surface area contributed by atoms with Crippen LogP contribution in [0.25, 0.3) is 0 Å². The molecule has 26 heavy (non-hydrogen) atoms. The molecule has 7 heteroatoms. The number of nitrogens with one attached hydrogen (secondary N) is 1. The zero-order valence-corrected chi connectivity index (χ0v) is 14.7. The van der Waals surface area contributed by atoms with Crippen LogP contribution in [0.5, 0.6) is 5.75 Å². The van der Waals surface area contributed by atoms with Gasteiger partial charge in [-0.1, -0.05) is 6.07 Å². The van der Waals surface area contributed by atoms with Gasteiger partial charge in [-0.05, 0) is 43.4 Å². The molecule has 0 unspecified atom stereocenters. The van der Waals surface area contributed by atoms with E-state index in [4.69, 9.17) is 15.2 Å². The maximum absolute atomic E-state index is 12.6. The third-order valence-electron chi connectivity index (χ3n) is 5.41. The van der Waals surface area contributed by atoms with Crippen LogP contribution in [-0.2, 0) is 9.53 Å². The van der Waals surface area contributed by atoms with Gasteiger partial charge in [-0.15, -0.1) is 0 Å². The summed E-state index contributed by atoms with van der Waals surface area (Å²) in [6.07, 6.45) is 3.87. The minimum atomic E-state index is -0.547. The number of nitrogens with zero attached hydrogens (tertiary/aromatic N) is 1. The van der Waals surface area contributed by atoms with E-state index in [1.165, 1.54) is 12.8 Å². The van der Waals surface area contributed by atoms with Crippen molar-refractivity contribution in [3.8, 4) is 5.75 Å². The summed E-state index contributed by atoms with van der Waals surface area (Å²) >= 11 is 0. The number of amides is 2. The van der Waals surface area contributed by atoms with E-state index in [0.717, 1.165) is 32.0 Å². The standard InChI is InChI=1S/C19H25N3O4/c20-18(23)11-25-16-3-1-2-13(6-16)19(24)21-14-7-15-10-26-17(12-4-5-12)9-22(15)8-14/h1-3,6,12,14-15,17H,4-5,7-11H2,(H2,20,23)(H,21,24)/t14-,15-,17+/m0/s1. The molecule has 4 rings (SSSR count). The largest absolute Gasteiger partial charge is 0.484 e. The Morgan fingerprint density at radius 1 is 1.31 bits per heavy atom. The lowest BCUT2D eigenvalue weighted by molar-refractivity contribution is -0.119. The SMILES string of the molecule is NC(=O)COc1cccc(C(=O)N[C@H]2C[C@H]3CO[C@@H](C4CC4)CN3C2)c1. The van der Waals surface area contributed by atoms with Gasteiger partial charge in [-0.2, -0.15) is 0 Å². The van der Waals surface area contributed by atoms with E-state index in [1.54, 1.807) is 24.3 Å². The van der Waals surface area contributed by atoms with Crippen molar-refractivity contribution in [3.05, 3.63) is 29.8 Å². The summed E-state index contributed by atoms with van der Waals surface area (Å²) in [6, 6.07) is 7.33. The van der Waals surface area contributed by atoms with Crippen molar-refractivity contribution in [2.75, 3.05) is 26.3 Å². The molecule has 3 atom stereocenters. The number of rotatable bonds is 6. The second kappa shape index (κ2) is 7.25. The molecule has 2 saturated heterocycles. The van der Waals surface area contributed by atoms with Crippen LogP contribution in [-0.4, -0.2) is 61.2 Å². The molecule has 2 amide bonds. The summed E-state index contributed by atoms with van der Waals surface area (Å²) in [4.78, 5) is 25.9. The molecular weight excluding hydrogens is 334 g/mol. The van der Waals surface area contributed by atoms with Gasteiger partial charge >= 0.3 is 0 Å². The van der Waals surface area contributed by atoms with Crippen LogP contribution in [0.4, 0.5) is 0 Å².